The molecule has 1 aliphatic carbocycles. The fourth-order valence-corrected chi connectivity index (χ4v) is 3.55. The molecule has 1 saturated heterocycles. The summed E-state index contributed by atoms with van der Waals surface area (Å²) < 4.78 is 5.37. The molecule has 3 unspecified atom stereocenters. The molecule has 2 fully saturated rings. The van der Waals surface area contributed by atoms with Crippen LogP contribution in [0.1, 0.15) is 38.5 Å². The van der Waals surface area contributed by atoms with Gasteiger partial charge in [-0.1, -0.05) is 12.8 Å². The number of piperidine rings is 1. The van der Waals surface area contributed by atoms with Crippen LogP contribution in [-0.4, -0.2) is 60.2 Å². The zero-order chi connectivity index (χ0) is 12.8. The first kappa shape index (κ1) is 14.3. The minimum Gasteiger partial charge on any atom is -0.394 e. The van der Waals surface area contributed by atoms with Gasteiger partial charge in [0.15, 0.2) is 0 Å². The number of ether oxygens (including phenoxy) is 1. The number of hydrogen-bond acceptors (Lipinski definition) is 4. The third-order valence-electron chi connectivity index (χ3n) is 4.45. The molecular weight excluding hydrogens is 230 g/mol. The summed E-state index contributed by atoms with van der Waals surface area (Å²) in [7, 11) is 0. The Hall–Kier alpha value is -0.160. The van der Waals surface area contributed by atoms with E-state index in [1.807, 2.05) is 0 Å². The highest BCUT2D eigenvalue weighted by Crippen LogP contribution is 2.34. The Kier molecular flexibility index (Phi) is 5.89. The van der Waals surface area contributed by atoms with E-state index >= 15 is 0 Å². The first-order valence-corrected chi connectivity index (χ1v) is 7.43. The molecule has 3 atom stereocenters. The SMILES string of the molecule is OCCOCCN1CCCCC1C1CCCC1O. The summed E-state index contributed by atoms with van der Waals surface area (Å²) in [6.45, 7) is 3.31. The molecule has 0 amide bonds. The quantitative estimate of drug-likeness (QED) is 0.697. The van der Waals surface area contributed by atoms with Crippen LogP contribution in [-0.2, 0) is 4.74 Å². The molecule has 0 spiro atoms. The number of aliphatic hydroxyl groups excluding tert-OH is 2. The van der Waals surface area contributed by atoms with Gasteiger partial charge in [0, 0.05) is 18.5 Å². The van der Waals surface area contributed by atoms with Crippen molar-refractivity contribution in [2.24, 2.45) is 5.92 Å². The van der Waals surface area contributed by atoms with Gasteiger partial charge >= 0.3 is 0 Å². The largest absolute Gasteiger partial charge is 0.394 e. The smallest absolute Gasteiger partial charge is 0.0698 e. The number of hydrogen-bond donors (Lipinski definition) is 2. The first-order chi connectivity index (χ1) is 8.83. The number of likely N-dealkylation sites (tertiary alicyclic amines) is 1. The second kappa shape index (κ2) is 7.43. The second-order valence-corrected chi connectivity index (χ2v) is 5.60. The van der Waals surface area contributed by atoms with Gasteiger partial charge in [-0.25, -0.2) is 0 Å². The minimum absolute atomic E-state index is 0.0889. The van der Waals surface area contributed by atoms with Crippen LogP contribution in [0.25, 0.3) is 0 Å². The molecule has 18 heavy (non-hydrogen) atoms. The molecule has 1 saturated carbocycles. The highest BCUT2D eigenvalue weighted by Gasteiger charge is 2.36. The van der Waals surface area contributed by atoms with E-state index in [0.717, 1.165) is 19.5 Å². The fourth-order valence-electron chi connectivity index (χ4n) is 3.55. The Morgan fingerprint density at radius 2 is 1.94 bits per heavy atom. The van der Waals surface area contributed by atoms with Gasteiger partial charge < -0.3 is 14.9 Å². The summed E-state index contributed by atoms with van der Waals surface area (Å²) in [6, 6.07) is 0.550. The van der Waals surface area contributed by atoms with E-state index in [4.69, 9.17) is 9.84 Å². The maximum atomic E-state index is 10.1. The zero-order valence-electron chi connectivity index (χ0n) is 11.3. The van der Waals surface area contributed by atoms with E-state index < -0.39 is 0 Å². The lowest BCUT2D eigenvalue weighted by molar-refractivity contribution is 0.0116. The van der Waals surface area contributed by atoms with Crippen LogP contribution in [0.4, 0.5) is 0 Å². The number of nitrogens with zero attached hydrogens (tertiary/aromatic N) is 1. The average molecular weight is 257 g/mol. The topological polar surface area (TPSA) is 52.9 Å². The standard InChI is InChI=1S/C14H27NO3/c16-9-11-18-10-8-15-7-2-1-5-13(15)12-4-3-6-14(12)17/h12-14,16-17H,1-11H2. The lowest BCUT2D eigenvalue weighted by Crippen LogP contribution is -2.47. The van der Waals surface area contributed by atoms with Gasteiger partial charge in [-0.15, -0.1) is 0 Å². The van der Waals surface area contributed by atoms with Gasteiger partial charge in [0.2, 0.25) is 0 Å². The van der Waals surface area contributed by atoms with Crippen molar-refractivity contribution in [1.82, 2.24) is 4.90 Å². The molecule has 2 N–H and O–H groups in total. The Bertz CT molecular complexity index is 237. The second-order valence-electron chi connectivity index (χ2n) is 5.60. The van der Waals surface area contributed by atoms with Crippen molar-refractivity contribution in [1.29, 1.82) is 0 Å². The predicted molar refractivity (Wildman–Crippen MR) is 70.5 cm³/mol. The van der Waals surface area contributed by atoms with Crippen LogP contribution in [0, 0.1) is 5.92 Å². The van der Waals surface area contributed by atoms with E-state index in [0.29, 0.717) is 25.2 Å². The molecule has 4 heteroatoms. The molecular formula is C14H27NO3. The monoisotopic (exact) mass is 257 g/mol. The minimum atomic E-state index is -0.0889. The van der Waals surface area contributed by atoms with Crippen LogP contribution < -0.4 is 0 Å². The number of aliphatic hydroxyl groups is 2. The normalized spacial score (nSPS) is 34.0. The highest BCUT2D eigenvalue weighted by molar-refractivity contribution is 4.90. The molecule has 2 aliphatic rings. The first-order valence-electron chi connectivity index (χ1n) is 7.43. The summed E-state index contributed by atoms with van der Waals surface area (Å²) in [5.41, 5.74) is 0. The van der Waals surface area contributed by atoms with Crippen LogP contribution in [0.3, 0.4) is 0 Å². The molecule has 2 rings (SSSR count). The van der Waals surface area contributed by atoms with E-state index in [-0.39, 0.29) is 12.7 Å². The van der Waals surface area contributed by atoms with Crippen molar-refractivity contribution in [2.45, 2.75) is 50.7 Å². The lowest BCUT2D eigenvalue weighted by atomic mass is 9.88. The Morgan fingerprint density at radius 1 is 1.06 bits per heavy atom. The molecule has 0 aromatic rings. The van der Waals surface area contributed by atoms with Gasteiger partial charge in [-0.05, 0) is 32.2 Å². The van der Waals surface area contributed by atoms with Gasteiger partial charge in [0.25, 0.3) is 0 Å². The van der Waals surface area contributed by atoms with Crippen LogP contribution in [0.5, 0.6) is 0 Å². The van der Waals surface area contributed by atoms with Crippen molar-refractivity contribution in [3.63, 3.8) is 0 Å². The predicted octanol–water partition coefficient (Wildman–Crippen LogP) is 1.01. The molecule has 4 nitrogen and oxygen atoms in total. The summed E-state index contributed by atoms with van der Waals surface area (Å²) in [5, 5.41) is 18.8. The summed E-state index contributed by atoms with van der Waals surface area (Å²) in [5.74, 6) is 0.475. The van der Waals surface area contributed by atoms with Gasteiger partial charge in [0.1, 0.15) is 0 Å². The Labute approximate surface area is 110 Å². The van der Waals surface area contributed by atoms with Gasteiger partial charge in [-0.3, -0.25) is 4.90 Å². The Balaban J connectivity index is 1.81. The molecule has 0 aromatic carbocycles. The van der Waals surface area contributed by atoms with Crippen molar-refractivity contribution in [3.8, 4) is 0 Å². The van der Waals surface area contributed by atoms with Crippen LogP contribution in [0.15, 0.2) is 0 Å². The molecule has 1 aliphatic heterocycles. The van der Waals surface area contributed by atoms with Crippen molar-refractivity contribution < 1.29 is 14.9 Å². The molecule has 106 valence electrons. The fraction of sp³-hybridized carbons (Fsp3) is 1.00. The van der Waals surface area contributed by atoms with Crippen LogP contribution >= 0.6 is 0 Å². The molecule has 0 radical (unpaired) electrons. The summed E-state index contributed by atoms with van der Waals surface area (Å²) in [6.07, 6.45) is 7.03. The van der Waals surface area contributed by atoms with E-state index in [1.54, 1.807) is 0 Å². The maximum Gasteiger partial charge on any atom is 0.0698 e. The molecule has 0 aromatic heterocycles. The number of rotatable bonds is 6. The summed E-state index contributed by atoms with van der Waals surface area (Å²) in [4.78, 5) is 2.50. The summed E-state index contributed by atoms with van der Waals surface area (Å²) >= 11 is 0. The van der Waals surface area contributed by atoms with Crippen LogP contribution in [0.2, 0.25) is 0 Å². The van der Waals surface area contributed by atoms with Crippen molar-refractivity contribution in [2.75, 3.05) is 32.9 Å². The van der Waals surface area contributed by atoms with Crippen molar-refractivity contribution >= 4 is 0 Å². The maximum absolute atomic E-state index is 10.1. The van der Waals surface area contributed by atoms with Crippen molar-refractivity contribution in [3.05, 3.63) is 0 Å². The van der Waals surface area contributed by atoms with E-state index in [1.165, 1.54) is 32.1 Å². The van der Waals surface area contributed by atoms with Gasteiger partial charge in [0.05, 0.1) is 25.9 Å². The molecule has 1 heterocycles. The lowest BCUT2D eigenvalue weighted by Gasteiger charge is -2.40. The third-order valence-corrected chi connectivity index (χ3v) is 4.45. The Morgan fingerprint density at radius 3 is 2.67 bits per heavy atom. The average Bonchev–Trinajstić information content (AvgIpc) is 2.81. The van der Waals surface area contributed by atoms with E-state index in [2.05, 4.69) is 4.90 Å². The molecule has 0 bridgehead atoms. The van der Waals surface area contributed by atoms with Gasteiger partial charge in [-0.2, -0.15) is 0 Å². The zero-order valence-corrected chi connectivity index (χ0v) is 11.3. The third kappa shape index (κ3) is 3.67. The highest BCUT2D eigenvalue weighted by atomic mass is 16.5. The van der Waals surface area contributed by atoms with E-state index in [9.17, 15) is 5.11 Å².